The number of fused-ring (bicyclic) bond motifs is 1. The number of benzene rings is 2. The number of anilines is 1. The molecule has 1 amide bonds. The van der Waals surface area contributed by atoms with Crippen LogP contribution in [0.4, 0.5) is 5.69 Å². The number of amides is 1. The van der Waals surface area contributed by atoms with Gasteiger partial charge in [-0.1, -0.05) is 0 Å². The van der Waals surface area contributed by atoms with Crippen molar-refractivity contribution in [2.24, 2.45) is 5.92 Å². The Morgan fingerprint density at radius 3 is 2.40 bits per heavy atom. The lowest BCUT2D eigenvalue weighted by Crippen LogP contribution is -2.35. The molecule has 2 aromatic carbocycles. The second-order valence-electron chi connectivity index (χ2n) is 6.88. The average Bonchev–Trinajstić information content (AvgIpc) is 3.60. The number of thiocarbonyl (C=S) groups is 1. The van der Waals surface area contributed by atoms with Crippen molar-refractivity contribution in [2.45, 2.75) is 12.8 Å². The molecule has 1 aromatic heterocycles. The van der Waals surface area contributed by atoms with Crippen LogP contribution in [-0.4, -0.2) is 30.2 Å². The monoisotopic (exact) mass is 423 g/mol. The van der Waals surface area contributed by atoms with E-state index in [2.05, 4.69) is 15.6 Å². The molecule has 1 fully saturated rings. The number of rotatable bonds is 6. The molecule has 2 N–H and O–H groups in total. The first-order valence-electron chi connectivity index (χ1n) is 9.48. The van der Waals surface area contributed by atoms with Gasteiger partial charge in [-0.25, -0.2) is 0 Å². The Bertz CT molecular complexity index is 1100. The third-order valence-corrected chi connectivity index (χ3v) is 4.94. The zero-order valence-corrected chi connectivity index (χ0v) is 17.4. The Morgan fingerprint density at radius 1 is 1.03 bits per heavy atom. The summed E-state index contributed by atoms with van der Waals surface area (Å²) >= 11 is 5.19. The first-order valence-corrected chi connectivity index (χ1v) is 9.88. The number of nitrogens with one attached hydrogen (secondary N) is 2. The van der Waals surface area contributed by atoms with Gasteiger partial charge in [0.25, 0.3) is 0 Å². The van der Waals surface area contributed by atoms with Gasteiger partial charge in [-0.3, -0.25) is 9.78 Å². The molecule has 7 nitrogen and oxygen atoms in total. The molecule has 0 aliphatic heterocycles. The Morgan fingerprint density at radius 2 is 1.73 bits per heavy atom. The fourth-order valence-electron chi connectivity index (χ4n) is 2.99. The summed E-state index contributed by atoms with van der Waals surface area (Å²) in [5, 5.41) is 6.81. The van der Waals surface area contributed by atoms with Crippen LogP contribution in [0.15, 0.2) is 48.7 Å². The van der Waals surface area contributed by atoms with Crippen molar-refractivity contribution in [1.82, 2.24) is 10.3 Å². The predicted molar refractivity (Wildman–Crippen MR) is 118 cm³/mol. The Kier molecular flexibility index (Phi) is 5.67. The van der Waals surface area contributed by atoms with E-state index in [1.165, 1.54) is 0 Å². The van der Waals surface area contributed by atoms with E-state index in [0.29, 0.717) is 28.1 Å². The van der Waals surface area contributed by atoms with Gasteiger partial charge in [0.15, 0.2) is 16.6 Å². The van der Waals surface area contributed by atoms with Crippen LogP contribution in [0.1, 0.15) is 12.8 Å². The van der Waals surface area contributed by atoms with Crippen LogP contribution >= 0.6 is 12.2 Å². The topological polar surface area (TPSA) is 81.7 Å². The van der Waals surface area contributed by atoms with Gasteiger partial charge in [0.05, 0.1) is 19.7 Å². The van der Waals surface area contributed by atoms with Crippen LogP contribution in [0.2, 0.25) is 0 Å². The molecule has 0 radical (unpaired) electrons. The molecule has 0 bridgehead atoms. The molecule has 1 saturated carbocycles. The SMILES string of the molecule is COc1cc2nccc(Oc3ccc(NC(=S)NC(=O)C4CC4)cc3)c2cc1OC. The minimum atomic E-state index is -0.0240. The van der Waals surface area contributed by atoms with Crippen LogP contribution in [-0.2, 0) is 4.79 Å². The second-order valence-corrected chi connectivity index (χ2v) is 7.29. The summed E-state index contributed by atoms with van der Waals surface area (Å²) in [4.78, 5) is 16.2. The van der Waals surface area contributed by atoms with Crippen molar-refractivity contribution in [3.05, 3.63) is 48.7 Å². The van der Waals surface area contributed by atoms with E-state index in [9.17, 15) is 4.79 Å². The van der Waals surface area contributed by atoms with Gasteiger partial charge in [0.2, 0.25) is 5.91 Å². The molecule has 0 spiro atoms. The summed E-state index contributed by atoms with van der Waals surface area (Å²) in [6.45, 7) is 0. The number of aromatic nitrogens is 1. The largest absolute Gasteiger partial charge is 0.493 e. The number of carbonyl (C=O) groups excluding carboxylic acids is 1. The number of carbonyl (C=O) groups is 1. The van der Waals surface area contributed by atoms with Gasteiger partial charge in [-0.05, 0) is 61.5 Å². The minimum Gasteiger partial charge on any atom is -0.493 e. The fourth-order valence-corrected chi connectivity index (χ4v) is 3.21. The maximum Gasteiger partial charge on any atom is 0.229 e. The number of pyridine rings is 1. The molecule has 0 atom stereocenters. The summed E-state index contributed by atoms with van der Waals surface area (Å²) in [6.07, 6.45) is 3.55. The van der Waals surface area contributed by atoms with Gasteiger partial charge in [0, 0.05) is 29.3 Å². The molecule has 154 valence electrons. The van der Waals surface area contributed by atoms with E-state index in [4.69, 9.17) is 26.4 Å². The first kappa shape index (κ1) is 19.9. The van der Waals surface area contributed by atoms with Crippen LogP contribution in [0.25, 0.3) is 10.9 Å². The van der Waals surface area contributed by atoms with E-state index in [-0.39, 0.29) is 11.8 Å². The van der Waals surface area contributed by atoms with Crippen molar-refractivity contribution < 1.29 is 19.0 Å². The van der Waals surface area contributed by atoms with E-state index < -0.39 is 0 Å². The number of hydrogen-bond acceptors (Lipinski definition) is 6. The highest BCUT2D eigenvalue weighted by Gasteiger charge is 2.30. The van der Waals surface area contributed by atoms with Crippen molar-refractivity contribution in [2.75, 3.05) is 19.5 Å². The van der Waals surface area contributed by atoms with E-state index in [1.807, 2.05) is 36.4 Å². The lowest BCUT2D eigenvalue weighted by atomic mass is 10.2. The number of ether oxygens (including phenoxy) is 3. The van der Waals surface area contributed by atoms with E-state index in [1.54, 1.807) is 26.5 Å². The van der Waals surface area contributed by atoms with E-state index >= 15 is 0 Å². The summed E-state index contributed by atoms with van der Waals surface area (Å²) < 4.78 is 16.8. The summed E-state index contributed by atoms with van der Waals surface area (Å²) in [5.74, 6) is 2.59. The lowest BCUT2D eigenvalue weighted by Gasteiger charge is -2.13. The highest BCUT2D eigenvalue weighted by molar-refractivity contribution is 7.80. The first-order chi connectivity index (χ1) is 14.6. The predicted octanol–water partition coefficient (Wildman–Crippen LogP) is 4.27. The van der Waals surface area contributed by atoms with Gasteiger partial charge in [0.1, 0.15) is 11.5 Å². The number of nitrogens with zero attached hydrogens (tertiary/aromatic N) is 1. The second kappa shape index (κ2) is 8.54. The third kappa shape index (κ3) is 4.44. The van der Waals surface area contributed by atoms with Crippen molar-refractivity contribution >= 4 is 39.8 Å². The quantitative estimate of drug-likeness (QED) is 0.573. The molecule has 0 saturated heterocycles. The van der Waals surface area contributed by atoms with Gasteiger partial charge >= 0.3 is 0 Å². The zero-order chi connectivity index (χ0) is 21.1. The molecule has 1 aliphatic rings. The van der Waals surface area contributed by atoms with Gasteiger partial charge < -0.3 is 24.8 Å². The maximum atomic E-state index is 11.8. The highest BCUT2D eigenvalue weighted by Crippen LogP contribution is 2.37. The van der Waals surface area contributed by atoms with E-state index in [0.717, 1.165) is 29.4 Å². The Hall–Kier alpha value is -3.39. The van der Waals surface area contributed by atoms with Crippen molar-refractivity contribution in [1.29, 1.82) is 0 Å². The molecule has 3 aromatic rings. The number of hydrogen-bond donors (Lipinski definition) is 2. The van der Waals surface area contributed by atoms with Crippen LogP contribution in [0.5, 0.6) is 23.0 Å². The van der Waals surface area contributed by atoms with Gasteiger partial charge in [-0.2, -0.15) is 0 Å². The fraction of sp³-hybridized carbons (Fsp3) is 0.227. The Labute approximate surface area is 179 Å². The highest BCUT2D eigenvalue weighted by atomic mass is 32.1. The maximum absolute atomic E-state index is 11.8. The van der Waals surface area contributed by atoms with Crippen molar-refractivity contribution in [3.8, 4) is 23.0 Å². The van der Waals surface area contributed by atoms with Crippen molar-refractivity contribution in [3.63, 3.8) is 0 Å². The lowest BCUT2D eigenvalue weighted by molar-refractivity contribution is -0.120. The standard InChI is InChI=1S/C22H21N3O4S/c1-27-19-11-16-17(12-20(19)28-2)23-10-9-18(16)29-15-7-5-14(6-8-15)24-22(30)25-21(26)13-3-4-13/h5-13H,3-4H2,1-2H3,(H2,24,25,26,30). The summed E-state index contributed by atoms with van der Waals surface area (Å²) in [6, 6.07) is 12.7. The molecular formula is C22H21N3O4S. The van der Waals surface area contributed by atoms with Crippen LogP contribution in [0.3, 0.4) is 0 Å². The van der Waals surface area contributed by atoms with Crippen LogP contribution in [0, 0.1) is 5.92 Å². The Balaban J connectivity index is 1.48. The zero-order valence-electron chi connectivity index (χ0n) is 16.6. The molecule has 1 heterocycles. The van der Waals surface area contributed by atoms with Gasteiger partial charge in [-0.15, -0.1) is 0 Å². The third-order valence-electron chi connectivity index (χ3n) is 4.73. The van der Waals surface area contributed by atoms with Crippen LogP contribution < -0.4 is 24.8 Å². The average molecular weight is 423 g/mol. The smallest absolute Gasteiger partial charge is 0.229 e. The molecular weight excluding hydrogens is 402 g/mol. The molecule has 0 unspecified atom stereocenters. The molecule has 1 aliphatic carbocycles. The number of methoxy groups -OCH3 is 2. The summed E-state index contributed by atoms with van der Waals surface area (Å²) in [5.41, 5.74) is 1.50. The minimum absolute atomic E-state index is 0.0240. The molecule has 4 rings (SSSR count). The normalized spacial score (nSPS) is 12.9. The molecule has 30 heavy (non-hydrogen) atoms. The molecule has 8 heteroatoms. The summed E-state index contributed by atoms with van der Waals surface area (Å²) in [7, 11) is 3.17.